The first-order chi connectivity index (χ1) is 12.8. The van der Waals surface area contributed by atoms with Crippen LogP contribution in [-0.4, -0.2) is 52.5 Å². The zero-order valence-electron chi connectivity index (χ0n) is 14.4. The molecule has 3 aromatic rings. The number of rotatable bonds is 3. The van der Waals surface area contributed by atoms with Crippen molar-refractivity contribution in [1.82, 2.24) is 19.9 Å². The SMILES string of the molecule is CNc1nccnc1[C@H]1CN(C(=O)c2cnc3ccccc3c2)CCO1. The fourth-order valence-electron chi connectivity index (χ4n) is 3.15. The molecule has 7 nitrogen and oxygen atoms in total. The number of anilines is 1. The number of amides is 1. The molecule has 0 radical (unpaired) electrons. The molecular formula is C19H19N5O2. The molecule has 0 unspecified atom stereocenters. The second kappa shape index (κ2) is 7.05. The number of hydrogen-bond donors (Lipinski definition) is 1. The summed E-state index contributed by atoms with van der Waals surface area (Å²) in [6, 6.07) is 9.65. The summed E-state index contributed by atoms with van der Waals surface area (Å²) in [5.41, 5.74) is 2.17. The number of hydrogen-bond acceptors (Lipinski definition) is 6. The van der Waals surface area contributed by atoms with Gasteiger partial charge in [-0.25, -0.2) is 4.98 Å². The Kier molecular flexibility index (Phi) is 4.45. The molecule has 3 heterocycles. The zero-order valence-corrected chi connectivity index (χ0v) is 14.4. The Balaban J connectivity index is 1.57. The number of carbonyl (C=O) groups is 1. The van der Waals surface area contributed by atoms with Crippen LogP contribution in [0.1, 0.15) is 22.2 Å². The molecule has 132 valence electrons. The summed E-state index contributed by atoms with van der Waals surface area (Å²) < 4.78 is 5.84. The van der Waals surface area contributed by atoms with E-state index < -0.39 is 0 Å². The standard InChI is InChI=1S/C19H19N5O2/c1-20-18-17(21-6-7-22-18)16-12-24(8-9-26-16)19(25)14-10-13-4-2-3-5-15(13)23-11-14/h2-7,10-11,16H,8-9,12H2,1H3,(H,20,22)/t16-/m1/s1. The van der Waals surface area contributed by atoms with E-state index in [9.17, 15) is 4.79 Å². The zero-order chi connectivity index (χ0) is 17.9. The number of pyridine rings is 1. The Labute approximate surface area is 151 Å². The highest BCUT2D eigenvalue weighted by molar-refractivity contribution is 5.97. The minimum Gasteiger partial charge on any atom is -0.372 e. The summed E-state index contributed by atoms with van der Waals surface area (Å²) in [7, 11) is 1.79. The maximum absolute atomic E-state index is 13.0. The van der Waals surface area contributed by atoms with Gasteiger partial charge in [-0.05, 0) is 12.1 Å². The van der Waals surface area contributed by atoms with Crippen molar-refractivity contribution in [3.8, 4) is 0 Å². The summed E-state index contributed by atoms with van der Waals surface area (Å²) in [6.07, 6.45) is 4.59. The molecule has 1 saturated heterocycles. The minimum atomic E-state index is -0.308. The van der Waals surface area contributed by atoms with E-state index in [1.807, 2.05) is 30.3 Å². The van der Waals surface area contributed by atoms with E-state index in [1.54, 1.807) is 30.5 Å². The van der Waals surface area contributed by atoms with Gasteiger partial charge in [0.05, 0.1) is 24.2 Å². The van der Waals surface area contributed by atoms with Gasteiger partial charge < -0.3 is 15.0 Å². The lowest BCUT2D eigenvalue weighted by Gasteiger charge is -2.33. The highest BCUT2D eigenvalue weighted by atomic mass is 16.5. The average Bonchev–Trinajstić information content (AvgIpc) is 2.73. The molecule has 0 bridgehead atoms. The molecule has 4 rings (SSSR count). The normalized spacial score (nSPS) is 17.3. The van der Waals surface area contributed by atoms with Crippen molar-refractivity contribution in [3.05, 3.63) is 60.2 Å². The third-order valence-corrected chi connectivity index (χ3v) is 4.46. The Bertz CT molecular complexity index is 946. The van der Waals surface area contributed by atoms with Gasteiger partial charge in [-0.3, -0.25) is 14.8 Å². The Morgan fingerprint density at radius 3 is 2.96 bits per heavy atom. The third kappa shape index (κ3) is 3.09. The molecule has 0 aliphatic carbocycles. The average molecular weight is 349 g/mol. The van der Waals surface area contributed by atoms with Crippen LogP contribution in [-0.2, 0) is 4.74 Å². The van der Waals surface area contributed by atoms with Gasteiger partial charge in [0.1, 0.15) is 17.6 Å². The van der Waals surface area contributed by atoms with Gasteiger partial charge in [0, 0.05) is 37.6 Å². The first-order valence-corrected chi connectivity index (χ1v) is 8.50. The number of aromatic nitrogens is 3. The molecule has 1 amide bonds. The van der Waals surface area contributed by atoms with E-state index in [4.69, 9.17) is 4.74 Å². The van der Waals surface area contributed by atoms with Crippen molar-refractivity contribution in [2.75, 3.05) is 32.1 Å². The Morgan fingerprint density at radius 1 is 1.23 bits per heavy atom. The van der Waals surface area contributed by atoms with Crippen molar-refractivity contribution in [1.29, 1.82) is 0 Å². The van der Waals surface area contributed by atoms with E-state index in [0.29, 0.717) is 36.8 Å². The highest BCUT2D eigenvalue weighted by Crippen LogP contribution is 2.26. The van der Waals surface area contributed by atoms with Gasteiger partial charge in [0.25, 0.3) is 5.91 Å². The lowest BCUT2D eigenvalue weighted by atomic mass is 10.1. The van der Waals surface area contributed by atoms with Crippen molar-refractivity contribution in [2.45, 2.75) is 6.10 Å². The van der Waals surface area contributed by atoms with E-state index in [1.165, 1.54) is 0 Å². The van der Waals surface area contributed by atoms with Gasteiger partial charge in [-0.1, -0.05) is 18.2 Å². The van der Waals surface area contributed by atoms with Gasteiger partial charge in [-0.2, -0.15) is 0 Å². The molecule has 1 atom stereocenters. The maximum Gasteiger partial charge on any atom is 0.255 e. The summed E-state index contributed by atoms with van der Waals surface area (Å²) in [5, 5.41) is 3.97. The van der Waals surface area contributed by atoms with E-state index in [0.717, 1.165) is 10.9 Å². The predicted molar refractivity (Wildman–Crippen MR) is 97.9 cm³/mol. The van der Waals surface area contributed by atoms with E-state index in [2.05, 4.69) is 20.3 Å². The molecular weight excluding hydrogens is 330 g/mol. The number of fused-ring (bicyclic) bond motifs is 1. The van der Waals surface area contributed by atoms with Crippen LogP contribution in [0, 0.1) is 0 Å². The molecule has 1 fully saturated rings. The number of nitrogens with zero attached hydrogens (tertiary/aromatic N) is 4. The van der Waals surface area contributed by atoms with Crippen molar-refractivity contribution in [3.63, 3.8) is 0 Å². The maximum atomic E-state index is 13.0. The Morgan fingerprint density at radius 2 is 2.08 bits per heavy atom. The number of para-hydroxylation sites is 1. The topological polar surface area (TPSA) is 80.2 Å². The van der Waals surface area contributed by atoms with E-state index >= 15 is 0 Å². The summed E-state index contributed by atoms with van der Waals surface area (Å²) >= 11 is 0. The van der Waals surface area contributed by atoms with Crippen LogP contribution in [0.4, 0.5) is 5.82 Å². The largest absolute Gasteiger partial charge is 0.372 e. The lowest BCUT2D eigenvalue weighted by molar-refractivity contribution is -0.0245. The second-order valence-electron chi connectivity index (χ2n) is 6.07. The first kappa shape index (κ1) is 16.4. The molecule has 7 heteroatoms. The number of carbonyl (C=O) groups excluding carboxylic acids is 1. The van der Waals surface area contributed by atoms with Gasteiger partial charge in [-0.15, -0.1) is 0 Å². The van der Waals surface area contributed by atoms with Crippen LogP contribution in [0.2, 0.25) is 0 Å². The fraction of sp³-hybridized carbons (Fsp3) is 0.263. The van der Waals surface area contributed by atoms with Crippen molar-refractivity contribution < 1.29 is 9.53 Å². The van der Waals surface area contributed by atoms with Crippen LogP contribution in [0.5, 0.6) is 0 Å². The molecule has 0 spiro atoms. The van der Waals surface area contributed by atoms with Crippen LogP contribution in [0.25, 0.3) is 10.9 Å². The summed E-state index contributed by atoms with van der Waals surface area (Å²) in [4.78, 5) is 27.8. The van der Waals surface area contributed by atoms with Crippen molar-refractivity contribution in [2.24, 2.45) is 0 Å². The van der Waals surface area contributed by atoms with Crippen molar-refractivity contribution >= 4 is 22.6 Å². The second-order valence-corrected chi connectivity index (χ2v) is 6.07. The quantitative estimate of drug-likeness (QED) is 0.781. The number of ether oxygens (including phenoxy) is 1. The Hall–Kier alpha value is -3.06. The fourth-order valence-corrected chi connectivity index (χ4v) is 3.15. The molecule has 1 aromatic carbocycles. The van der Waals surface area contributed by atoms with Crippen LogP contribution in [0.3, 0.4) is 0 Å². The first-order valence-electron chi connectivity index (χ1n) is 8.50. The minimum absolute atomic E-state index is 0.0496. The number of nitrogens with one attached hydrogen (secondary N) is 1. The third-order valence-electron chi connectivity index (χ3n) is 4.46. The molecule has 2 aromatic heterocycles. The van der Waals surface area contributed by atoms with Crippen LogP contribution >= 0.6 is 0 Å². The lowest BCUT2D eigenvalue weighted by Crippen LogP contribution is -2.42. The number of benzene rings is 1. The van der Waals surface area contributed by atoms with Gasteiger partial charge in [0.15, 0.2) is 0 Å². The van der Waals surface area contributed by atoms with E-state index in [-0.39, 0.29) is 12.0 Å². The predicted octanol–water partition coefficient (Wildman–Crippen LogP) is 2.28. The monoisotopic (exact) mass is 349 g/mol. The smallest absolute Gasteiger partial charge is 0.255 e. The molecule has 1 aliphatic heterocycles. The number of morpholine rings is 1. The van der Waals surface area contributed by atoms with Gasteiger partial charge in [0.2, 0.25) is 0 Å². The molecule has 1 aliphatic rings. The van der Waals surface area contributed by atoms with Gasteiger partial charge >= 0.3 is 0 Å². The van der Waals surface area contributed by atoms with Crippen LogP contribution in [0.15, 0.2) is 48.9 Å². The summed E-state index contributed by atoms with van der Waals surface area (Å²) in [5.74, 6) is 0.616. The molecule has 1 N–H and O–H groups in total. The molecule has 0 saturated carbocycles. The highest BCUT2D eigenvalue weighted by Gasteiger charge is 2.29. The van der Waals surface area contributed by atoms with Crippen LogP contribution < -0.4 is 5.32 Å². The molecule has 26 heavy (non-hydrogen) atoms. The summed E-state index contributed by atoms with van der Waals surface area (Å²) in [6.45, 7) is 1.42.